The number of imidazole rings is 1. The van der Waals surface area contributed by atoms with Crippen LogP contribution in [0.2, 0.25) is 0 Å². The zero-order chi connectivity index (χ0) is 14.8. The van der Waals surface area contributed by atoms with Crippen molar-refractivity contribution in [1.82, 2.24) is 19.7 Å². The van der Waals surface area contributed by atoms with Gasteiger partial charge in [-0.2, -0.15) is 0 Å². The Morgan fingerprint density at radius 3 is 2.90 bits per heavy atom. The molecule has 3 aromatic rings. The molecule has 3 rings (SSSR count). The predicted octanol–water partition coefficient (Wildman–Crippen LogP) is 3.48. The summed E-state index contributed by atoms with van der Waals surface area (Å²) < 4.78 is 15.8. The van der Waals surface area contributed by atoms with E-state index in [0.717, 1.165) is 21.5 Å². The number of nitrogens with one attached hydrogen (secondary N) is 1. The van der Waals surface area contributed by atoms with E-state index in [1.165, 1.54) is 12.3 Å². The minimum absolute atomic E-state index is 0.0298. The standard InChI is InChI=1S/C15H14BrFN4/c1-10(14-4-3-12(17)6-19-14)18-7-13-9-21-8-11(16)2-5-15(21)20-13/h2-6,8-10,18H,7H2,1H3/t10-/m0/s1. The van der Waals surface area contributed by atoms with Gasteiger partial charge in [-0.3, -0.25) is 4.98 Å². The quantitative estimate of drug-likeness (QED) is 0.784. The summed E-state index contributed by atoms with van der Waals surface area (Å²) >= 11 is 3.44. The third kappa shape index (κ3) is 3.28. The molecule has 0 aromatic carbocycles. The number of hydrogen-bond donors (Lipinski definition) is 1. The summed E-state index contributed by atoms with van der Waals surface area (Å²) in [6.45, 7) is 2.62. The van der Waals surface area contributed by atoms with E-state index in [4.69, 9.17) is 0 Å². The first-order chi connectivity index (χ1) is 10.1. The molecule has 0 spiro atoms. The first-order valence-corrected chi connectivity index (χ1v) is 7.39. The highest BCUT2D eigenvalue weighted by Crippen LogP contribution is 2.14. The van der Waals surface area contributed by atoms with Crippen LogP contribution >= 0.6 is 15.9 Å². The molecule has 6 heteroatoms. The molecule has 1 atom stereocenters. The van der Waals surface area contributed by atoms with E-state index in [9.17, 15) is 4.39 Å². The van der Waals surface area contributed by atoms with E-state index in [1.807, 2.05) is 35.9 Å². The van der Waals surface area contributed by atoms with Gasteiger partial charge in [0.1, 0.15) is 11.5 Å². The van der Waals surface area contributed by atoms with Crippen LogP contribution in [0.5, 0.6) is 0 Å². The number of pyridine rings is 2. The van der Waals surface area contributed by atoms with Crippen molar-refractivity contribution >= 4 is 21.6 Å². The molecule has 0 radical (unpaired) electrons. The van der Waals surface area contributed by atoms with E-state index in [0.29, 0.717) is 6.54 Å². The second-order valence-electron chi connectivity index (χ2n) is 4.85. The first-order valence-electron chi connectivity index (χ1n) is 6.60. The number of nitrogens with zero attached hydrogens (tertiary/aromatic N) is 3. The average Bonchev–Trinajstić information content (AvgIpc) is 2.87. The van der Waals surface area contributed by atoms with Crippen molar-refractivity contribution in [2.45, 2.75) is 19.5 Å². The van der Waals surface area contributed by atoms with Gasteiger partial charge in [-0.15, -0.1) is 0 Å². The lowest BCUT2D eigenvalue weighted by Crippen LogP contribution is -2.19. The maximum atomic E-state index is 12.9. The molecule has 21 heavy (non-hydrogen) atoms. The summed E-state index contributed by atoms with van der Waals surface area (Å²) in [7, 11) is 0. The summed E-state index contributed by atoms with van der Waals surface area (Å²) in [6.07, 6.45) is 5.19. The lowest BCUT2D eigenvalue weighted by Gasteiger charge is -2.11. The van der Waals surface area contributed by atoms with E-state index in [-0.39, 0.29) is 11.9 Å². The third-order valence-corrected chi connectivity index (χ3v) is 3.72. The Bertz CT molecular complexity index is 754. The summed E-state index contributed by atoms with van der Waals surface area (Å²) in [4.78, 5) is 8.61. The lowest BCUT2D eigenvalue weighted by molar-refractivity contribution is 0.550. The van der Waals surface area contributed by atoms with Gasteiger partial charge < -0.3 is 9.72 Å². The smallest absolute Gasteiger partial charge is 0.141 e. The Labute approximate surface area is 130 Å². The Hall–Kier alpha value is -1.79. The lowest BCUT2D eigenvalue weighted by atomic mass is 10.2. The maximum Gasteiger partial charge on any atom is 0.141 e. The minimum Gasteiger partial charge on any atom is -0.306 e. The Morgan fingerprint density at radius 2 is 2.14 bits per heavy atom. The predicted molar refractivity (Wildman–Crippen MR) is 82.3 cm³/mol. The topological polar surface area (TPSA) is 42.2 Å². The molecule has 0 aliphatic heterocycles. The highest BCUT2D eigenvalue weighted by Gasteiger charge is 2.08. The highest BCUT2D eigenvalue weighted by molar-refractivity contribution is 9.10. The van der Waals surface area contributed by atoms with Crippen LogP contribution in [0, 0.1) is 5.82 Å². The Balaban J connectivity index is 1.69. The molecular formula is C15H14BrFN4. The van der Waals surface area contributed by atoms with Gasteiger partial charge >= 0.3 is 0 Å². The van der Waals surface area contributed by atoms with Crippen molar-refractivity contribution in [3.05, 3.63) is 64.5 Å². The molecule has 3 heterocycles. The van der Waals surface area contributed by atoms with E-state index >= 15 is 0 Å². The van der Waals surface area contributed by atoms with Gasteiger partial charge in [-0.1, -0.05) is 0 Å². The minimum atomic E-state index is -0.322. The fourth-order valence-electron chi connectivity index (χ4n) is 2.11. The molecule has 0 unspecified atom stereocenters. The van der Waals surface area contributed by atoms with E-state index in [1.54, 1.807) is 6.07 Å². The SMILES string of the molecule is C[C@H](NCc1cn2cc(Br)ccc2n1)c1ccc(F)cn1. The fourth-order valence-corrected chi connectivity index (χ4v) is 2.46. The van der Waals surface area contributed by atoms with Gasteiger partial charge in [0.15, 0.2) is 0 Å². The van der Waals surface area contributed by atoms with Crippen LogP contribution in [-0.4, -0.2) is 14.4 Å². The molecule has 0 bridgehead atoms. The fraction of sp³-hybridized carbons (Fsp3) is 0.200. The second-order valence-corrected chi connectivity index (χ2v) is 5.76. The van der Waals surface area contributed by atoms with Crippen LogP contribution in [0.4, 0.5) is 4.39 Å². The van der Waals surface area contributed by atoms with Crippen molar-refractivity contribution in [2.24, 2.45) is 0 Å². The Morgan fingerprint density at radius 1 is 1.29 bits per heavy atom. The van der Waals surface area contributed by atoms with Crippen molar-refractivity contribution in [1.29, 1.82) is 0 Å². The number of hydrogen-bond acceptors (Lipinski definition) is 3. The molecule has 0 aliphatic rings. The monoisotopic (exact) mass is 348 g/mol. The average molecular weight is 349 g/mol. The van der Waals surface area contributed by atoms with Gasteiger partial charge in [0.25, 0.3) is 0 Å². The van der Waals surface area contributed by atoms with E-state index in [2.05, 4.69) is 31.2 Å². The number of rotatable bonds is 4. The molecule has 0 saturated heterocycles. The Kier molecular flexibility index (Phi) is 3.98. The van der Waals surface area contributed by atoms with Crippen molar-refractivity contribution in [3.8, 4) is 0 Å². The van der Waals surface area contributed by atoms with Crippen molar-refractivity contribution in [2.75, 3.05) is 0 Å². The molecule has 3 aromatic heterocycles. The van der Waals surface area contributed by atoms with Crippen LogP contribution in [-0.2, 0) is 6.54 Å². The zero-order valence-corrected chi connectivity index (χ0v) is 13.0. The molecule has 0 amide bonds. The van der Waals surface area contributed by atoms with E-state index < -0.39 is 0 Å². The van der Waals surface area contributed by atoms with Gasteiger partial charge in [-0.05, 0) is 47.1 Å². The molecular weight excluding hydrogens is 335 g/mol. The van der Waals surface area contributed by atoms with Crippen LogP contribution < -0.4 is 5.32 Å². The number of aromatic nitrogens is 3. The largest absolute Gasteiger partial charge is 0.306 e. The van der Waals surface area contributed by atoms with Crippen LogP contribution in [0.25, 0.3) is 5.65 Å². The van der Waals surface area contributed by atoms with Crippen LogP contribution in [0.3, 0.4) is 0 Å². The molecule has 108 valence electrons. The van der Waals surface area contributed by atoms with Gasteiger partial charge in [0.05, 0.1) is 17.6 Å². The first kappa shape index (κ1) is 14.2. The third-order valence-electron chi connectivity index (χ3n) is 3.25. The van der Waals surface area contributed by atoms with Gasteiger partial charge in [0, 0.05) is 29.5 Å². The molecule has 0 saturated carbocycles. The van der Waals surface area contributed by atoms with Crippen LogP contribution in [0.15, 0.2) is 47.3 Å². The molecule has 0 aliphatic carbocycles. The van der Waals surface area contributed by atoms with Crippen molar-refractivity contribution in [3.63, 3.8) is 0 Å². The second kappa shape index (κ2) is 5.91. The summed E-state index contributed by atoms with van der Waals surface area (Å²) in [5.41, 5.74) is 2.66. The van der Waals surface area contributed by atoms with Gasteiger partial charge in [0.2, 0.25) is 0 Å². The summed E-state index contributed by atoms with van der Waals surface area (Å²) in [5, 5.41) is 3.34. The summed E-state index contributed by atoms with van der Waals surface area (Å²) in [6, 6.07) is 7.06. The molecule has 4 nitrogen and oxygen atoms in total. The zero-order valence-electron chi connectivity index (χ0n) is 11.4. The van der Waals surface area contributed by atoms with Crippen molar-refractivity contribution < 1.29 is 4.39 Å². The summed E-state index contributed by atoms with van der Waals surface area (Å²) in [5.74, 6) is -0.322. The normalized spacial score (nSPS) is 12.7. The number of fused-ring (bicyclic) bond motifs is 1. The van der Waals surface area contributed by atoms with Gasteiger partial charge in [-0.25, -0.2) is 9.37 Å². The maximum absolute atomic E-state index is 12.9. The number of halogens is 2. The molecule has 1 N–H and O–H groups in total. The highest BCUT2D eigenvalue weighted by atomic mass is 79.9. The molecule has 0 fully saturated rings. The van der Waals surface area contributed by atoms with Crippen LogP contribution in [0.1, 0.15) is 24.4 Å².